The molecule has 0 aromatic heterocycles. The quantitative estimate of drug-likeness (QED) is 0.417. The van der Waals surface area contributed by atoms with Gasteiger partial charge in [-0.25, -0.2) is 0 Å². The maximum absolute atomic E-state index is 9.62. The molecule has 0 bridgehead atoms. The Morgan fingerprint density at radius 2 is 1.92 bits per heavy atom. The summed E-state index contributed by atoms with van der Waals surface area (Å²) in [4.78, 5) is 9.62. The number of hydrogen-bond donors (Lipinski definition) is 5. The second-order valence-corrected chi connectivity index (χ2v) is 3.17. The topological polar surface area (TPSA) is 77.8 Å². The van der Waals surface area contributed by atoms with Crippen molar-refractivity contribution in [2.45, 2.75) is 18.3 Å². The number of carboxylic acid groups (broad SMARTS) is 1. The molecule has 0 fully saturated rings. The molecule has 0 aliphatic heterocycles. The molecule has 0 saturated heterocycles. The van der Waals surface area contributed by atoms with Gasteiger partial charge in [-0.1, -0.05) is 0 Å². The van der Waals surface area contributed by atoms with E-state index in [0.29, 0.717) is 5.75 Å². The Hall–Kier alpha value is 0.0900. The number of carbonyl (C=O) groups is 1. The fourth-order valence-electron chi connectivity index (χ4n) is 0.0577. The van der Waals surface area contributed by atoms with Gasteiger partial charge in [0.05, 0.1) is 18.0 Å². The molecular weight excluding hydrogens is 200 g/mol. The van der Waals surface area contributed by atoms with Crippen LogP contribution in [0.5, 0.6) is 0 Å². The van der Waals surface area contributed by atoms with Gasteiger partial charge in [-0.15, -0.1) is 0 Å². The normalized spacial score (nSPS) is 14.1. The highest BCUT2D eigenvalue weighted by molar-refractivity contribution is 7.81. The molecular formula is C6H14O4S2. The third-order valence-electron chi connectivity index (χ3n) is 0.779. The second-order valence-electron chi connectivity index (χ2n) is 2.03. The van der Waals surface area contributed by atoms with Crippen LogP contribution < -0.4 is 0 Å². The van der Waals surface area contributed by atoms with Gasteiger partial charge in [0, 0.05) is 5.75 Å². The van der Waals surface area contributed by atoms with Crippen LogP contribution in [0.3, 0.4) is 0 Å². The van der Waals surface area contributed by atoms with Crippen molar-refractivity contribution in [3.63, 3.8) is 0 Å². The minimum Gasteiger partial charge on any atom is -0.480 e. The zero-order valence-corrected chi connectivity index (χ0v) is 8.50. The van der Waals surface area contributed by atoms with Gasteiger partial charge in [0.2, 0.25) is 0 Å². The van der Waals surface area contributed by atoms with Crippen LogP contribution in [-0.4, -0.2) is 45.0 Å². The summed E-state index contributed by atoms with van der Waals surface area (Å²) in [5.41, 5.74) is 0. The van der Waals surface area contributed by atoms with Gasteiger partial charge in [0.15, 0.2) is 0 Å². The Bertz CT molecular complexity index is 114. The number of aliphatic hydroxyl groups excluding tert-OH is 2. The highest BCUT2D eigenvalue weighted by Crippen LogP contribution is 1.88. The van der Waals surface area contributed by atoms with Crippen LogP contribution in [-0.2, 0) is 4.79 Å². The summed E-state index contributed by atoms with van der Waals surface area (Å²) in [5, 5.41) is 23.8. The van der Waals surface area contributed by atoms with Gasteiger partial charge in [-0.2, -0.15) is 25.3 Å². The Morgan fingerprint density at radius 3 is 1.92 bits per heavy atom. The number of rotatable bonds is 3. The van der Waals surface area contributed by atoms with Crippen LogP contribution in [0.4, 0.5) is 0 Å². The third kappa shape index (κ3) is 12.7. The predicted octanol–water partition coefficient (Wildman–Crippen LogP) is -0.341. The summed E-state index contributed by atoms with van der Waals surface area (Å²) in [6.45, 7) is 1.31. The van der Waals surface area contributed by atoms with Gasteiger partial charge in [0.1, 0.15) is 0 Å². The Kier molecular flexibility index (Phi) is 11.2. The van der Waals surface area contributed by atoms with Crippen LogP contribution in [0, 0.1) is 0 Å². The van der Waals surface area contributed by atoms with E-state index < -0.39 is 17.3 Å². The molecule has 0 radical (unpaired) electrons. The molecule has 0 aliphatic carbocycles. The molecule has 6 heteroatoms. The predicted molar refractivity (Wildman–Crippen MR) is 53.0 cm³/mol. The van der Waals surface area contributed by atoms with E-state index in [9.17, 15) is 4.79 Å². The first-order valence-corrected chi connectivity index (χ1v) is 4.41. The van der Waals surface area contributed by atoms with Crippen molar-refractivity contribution in [3.05, 3.63) is 0 Å². The number of carboxylic acids is 1. The van der Waals surface area contributed by atoms with E-state index in [1.54, 1.807) is 0 Å². The zero-order valence-electron chi connectivity index (χ0n) is 6.71. The molecule has 74 valence electrons. The monoisotopic (exact) mass is 214 g/mol. The lowest BCUT2D eigenvalue weighted by molar-refractivity contribution is -0.136. The lowest BCUT2D eigenvalue weighted by Crippen LogP contribution is -2.12. The maximum atomic E-state index is 9.62. The van der Waals surface area contributed by atoms with Crippen molar-refractivity contribution < 1.29 is 20.1 Å². The fourth-order valence-corrected chi connectivity index (χ4v) is 0.173. The lowest BCUT2D eigenvalue weighted by atomic mass is 10.4. The van der Waals surface area contributed by atoms with Gasteiger partial charge in [0.25, 0.3) is 0 Å². The van der Waals surface area contributed by atoms with Crippen LogP contribution in [0.2, 0.25) is 0 Å². The average molecular weight is 214 g/mol. The van der Waals surface area contributed by atoms with E-state index >= 15 is 0 Å². The summed E-state index contributed by atoms with van der Waals surface area (Å²) in [6.07, 6.45) is -0.645. The van der Waals surface area contributed by atoms with E-state index in [4.69, 9.17) is 15.3 Å². The molecule has 0 spiro atoms. The number of thiol groups is 2. The zero-order chi connectivity index (χ0) is 10.1. The highest BCUT2D eigenvalue weighted by Gasteiger charge is 2.00. The second kappa shape index (κ2) is 9.18. The van der Waals surface area contributed by atoms with E-state index in [0.717, 1.165) is 0 Å². The average Bonchev–Trinajstić information content (AvgIpc) is 2.04. The molecule has 0 aromatic carbocycles. The SMILES string of the molecule is CC(S)C(=O)O.OCC(O)CS. The molecule has 2 atom stereocenters. The molecule has 0 aromatic rings. The van der Waals surface area contributed by atoms with Gasteiger partial charge < -0.3 is 15.3 Å². The maximum Gasteiger partial charge on any atom is 0.316 e. The summed E-state index contributed by atoms with van der Waals surface area (Å²) in [5.74, 6) is -0.547. The molecule has 0 rings (SSSR count). The molecule has 3 N–H and O–H groups in total. The molecule has 0 heterocycles. The molecule has 0 saturated carbocycles. The highest BCUT2D eigenvalue weighted by atomic mass is 32.1. The standard InChI is InChI=1S/C3H8O2S.C3H6O2S/c4-1-3(5)2-6;1-2(6)3(4)5/h3-6H,1-2H2;2,6H,1H3,(H,4,5). The molecule has 4 nitrogen and oxygen atoms in total. The Balaban J connectivity index is 0. The van der Waals surface area contributed by atoms with Crippen LogP contribution in [0.1, 0.15) is 6.92 Å². The fraction of sp³-hybridized carbons (Fsp3) is 0.833. The lowest BCUT2D eigenvalue weighted by Gasteiger charge is -1.96. The summed E-state index contributed by atoms with van der Waals surface area (Å²) >= 11 is 7.28. The van der Waals surface area contributed by atoms with Crippen molar-refractivity contribution in [3.8, 4) is 0 Å². The molecule has 12 heavy (non-hydrogen) atoms. The summed E-state index contributed by atoms with van der Waals surface area (Å²) < 4.78 is 0. The molecule has 0 amide bonds. The first-order chi connectivity index (χ1) is 5.45. The number of aliphatic hydroxyl groups is 2. The minimum atomic E-state index is -0.877. The van der Waals surface area contributed by atoms with E-state index in [1.165, 1.54) is 6.92 Å². The van der Waals surface area contributed by atoms with Crippen LogP contribution in [0.25, 0.3) is 0 Å². The van der Waals surface area contributed by atoms with Gasteiger partial charge in [-0.3, -0.25) is 4.79 Å². The molecule has 0 aliphatic rings. The van der Waals surface area contributed by atoms with E-state index in [2.05, 4.69) is 25.3 Å². The first kappa shape index (κ1) is 14.6. The van der Waals surface area contributed by atoms with E-state index in [-0.39, 0.29) is 6.61 Å². The van der Waals surface area contributed by atoms with Gasteiger partial charge in [-0.05, 0) is 6.92 Å². The minimum absolute atomic E-state index is 0.191. The van der Waals surface area contributed by atoms with Crippen LogP contribution in [0.15, 0.2) is 0 Å². The largest absolute Gasteiger partial charge is 0.480 e. The Labute approximate surface area is 82.4 Å². The molecule has 2 unspecified atom stereocenters. The number of aliphatic carboxylic acids is 1. The first-order valence-electron chi connectivity index (χ1n) is 3.26. The van der Waals surface area contributed by atoms with Crippen molar-refractivity contribution in [1.82, 2.24) is 0 Å². The van der Waals surface area contributed by atoms with Crippen LogP contribution >= 0.6 is 25.3 Å². The van der Waals surface area contributed by atoms with Crippen molar-refractivity contribution >= 4 is 31.2 Å². The third-order valence-corrected chi connectivity index (χ3v) is 1.42. The van der Waals surface area contributed by atoms with Crippen molar-refractivity contribution in [2.75, 3.05) is 12.4 Å². The van der Waals surface area contributed by atoms with Crippen molar-refractivity contribution in [2.24, 2.45) is 0 Å². The smallest absolute Gasteiger partial charge is 0.316 e. The summed E-state index contributed by atoms with van der Waals surface area (Å²) in [6, 6.07) is 0. The van der Waals surface area contributed by atoms with Gasteiger partial charge >= 0.3 is 5.97 Å². The van der Waals surface area contributed by atoms with Crippen molar-refractivity contribution in [1.29, 1.82) is 0 Å². The van der Waals surface area contributed by atoms with E-state index in [1.807, 2.05) is 0 Å². The Morgan fingerprint density at radius 1 is 1.58 bits per heavy atom. The number of hydrogen-bond acceptors (Lipinski definition) is 5. The summed E-state index contributed by atoms with van der Waals surface area (Å²) in [7, 11) is 0.